The number of likely N-dealkylation sites (N-methyl/N-ethyl adjacent to an activating group) is 1. The third-order valence-corrected chi connectivity index (χ3v) is 3.97. The van der Waals surface area contributed by atoms with Gasteiger partial charge in [-0.15, -0.1) is 0 Å². The first-order valence-corrected chi connectivity index (χ1v) is 9.06. The third kappa shape index (κ3) is 7.86. The quantitative estimate of drug-likeness (QED) is 0.555. The van der Waals surface area contributed by atoms with Crippen LogP contribution in [0.1, 0.15) is 12.0 Å². The summed E-state index contributed by atoms with van der Waals surface area (Å²) >= 11 is 0. The molecule has 2 rings (SSSR count). The van der Waals surface area contributed by atoms with E-state index in [1.165, 1.54) is 0 Å². The van der Waals surface area contributed by atoms with E-state index < -0.39 is 6.10 Å². The molecule has 0 aromatic heterocycles. The summed E-state index contributed by atoms with van der Waals surface area (Å²) < 4.78 is 16.2. The molecule has 0 heterocycles. The second-order valence-electron chi connectivity index (χ2n) is 6.41. The highest BCUT2D eigenvalue weighted by Gasteiger charge is 2.10. The second-order valence-corrected chi connectivity index (χ2v) is 6.41. The second kappa shape index (κ2) is 11.4. The van der Waals surface area contributed by atoms with E-state index in [2.05, 4.69) is 0 Å². The van der Waals surface area contributed by atoms with Gasteiger partial charge in [0.2, 0.25) is 0 Å². The maximum atomic E-state index is 10.2. The molecule has 0 aliphatic rings. The number of ether oxygens (including phenoxy) is 3. The van der Waals surface area contributed by atoms with Crippen molar-refractivity contribution in [2.75, 3.05) is 40.5 Å². The van der Waals surface area contributed by atoms with Gasteiger partial charge in [-0.2, -0.15) is 0 Å². The number of hydrogen-bond acceptors (Lipinski definition) is 6. The highest BCUT2D eigenvalue weighted by molar-refractivity contribution is 5.31. The Morgan fingerprint density at radius 1 is 0.926 bits per heavy atom. The molecule has 0 spiro atoms. The number of methoxy groups -OCH3 is 1. The van der Waals surface area contributed by atoms with Gasteiger partial charge in [0.05, 0.1) is 13.7 Å². The van der Waals surface area contributed by atoms with Crippen molar-refractivity contribution in [2.45, 2.75) is 19.1 Å². The molecule has 148 valence electrons. The molecule has 0 radical (unpaired) electrons. The standard InChI is InChI=1S/C21H29NO5/c1-22(14-17-4-6-20(7-5-17)26-13-3-12-23)15-18(24)16-27-21-10-8-19(25-2)9-11-21/h4-11,18,23-24H,3,12-16H2,1-2H3/t18-/m0/s1. The minimum absolute atomic E-state index is 0.132. The molecule has 1 atom stereocenters. The van der Waals surface area contributed by atoms with Crippen molar-refractivity contribution in [3.8, 4) is 17.2 Å². The maximum absolute atomic E-state index is 10.2. The van der Waals surface area contributed by atoms with Crippen molar-refractivity contribution in [1.29, 1.82) is 0 Å². The molecular weight excluding hydrogens is 346 g/mol. The van der Waals surface area contributed by atoms with E-state index in [9.17, 15) is 5.11 Å². The van der Waals surface area contributed by atoms with Gasteiger partial charge in [0.1, 0.15) is 30.0 Å². The van der Waals surface area contributed by atoms with Crippen molar-refractivity contribution in [3.63, 3.8) is 0 Å². The van der Waals surface area contributed by atoms with E-state index in [1.807, 2.05) is 60.5 Å². The molecule has 0 saturated heterocycles. The van der Waals surface area contributed by atoms with E-state index in [-0.39, 0.29) is 13.2 Å². The van der Waals surface area contributed by atoms with Gasteiger partial charge in [0.15, 0.2) is 0 Å². The van der Waals surface area contributed by atoms with Crippen LogP contribution in [0.25, 0.3) is 0 Å². The van der Waals surface area contributed by atoms with Gasteiger partial charge < -0.3 is 24.4 Å². The lowest BCUT2D eigenvalue weighted by molar-refractivity contribution is 0.0743. The molecule has 0 unspecified atom stereocenters. The van der Waals surface area contributed by atoms with E-state index in [0.29, 0.717) is 25.3 Å². The van der Waals surface area contributed by atoms with Crippen LogP contribution in [0.5, 0.6) is 17.2 Å². The smallest absolute Gasteiger partial charge is 0.119 e. The lowest BCUT2D eigenvalue weighted by Gasteiger charge is -2.21. The highest BCUT2D eigenvalue weighted by atomic mass is 16.5. The van der Waals surface area contributed by atoms with Crippen molar-refractivity contribution in [3.05, 3.63) is 54.1 Å². The van der Waals surface area contributed by atoms with Gasteiger partial charge in [-0.3, -0.25) is 4.90 Å². The van der Waals surface area contributed by atoms with Crippen molar-refractivity contribution in [1.82, 2.24) is 4.90 Å². The molecule has 6 heteroatoms. The molecule has 6 nitrogen and oxygen atoms in total. The summed E-state index contributed by atoms with van der Waals surface area (Å²) in [6.07, 6.45) is 0.0410. The van der Waals surface area contributed by atoms with Gasteiger partial charge in [0.25, 0.3) is 0 Å². The zero-order valence-corrected chi connectivity index (χ0v) is 16.0. The van der Waals surface area contributed by atoms with E-state index in [1.54, 1.807) is 7.11 Å². The predicted octanol–water partition coefficient (Wildman–Crippen LogP) is 2.33. The number of rotatable bonds is 12. The summed E-state index contributed by atoms with van der Waals surface area (Å²) in [6, 6.07) is 15.1. The molecule has 0 fully saturated rings. The summed E-state index contributed by atoms with van der Waals surface area (Å²) in [5.41, 5.74) is 1.13. The SMILES string of the molecule is COc1ccc(OC[C@@H](O)CN(C)Cc2ccc(OCCCO)cc2)cc1. The van der Waals surface area contributed by atoms with Gasteiger partial charge >= 0.3 is 0 Å². The van der Waals surface area contributed by atoms with Gasteiger partial charge in [-0.25, -0.2) is 0 Å². The Morgan fingerprint density at radius 2 is 1.52 bits per heavy atom. The Bertz CT molecular complexity index is 645. The molecule has 27 heavy (non-hydrogen) atoms. The first kappa shape index (κ1) is 21.0. The molecule has 2 N–H and O–H groups in total. The minimum atomic E-state index is -0.585. The molecule has 0 aliphatic heterocycles. The Balaban J connectivity index is 1.71. The third-order valence-electron chi connectivity index (χ3n) is 3.97. The van der Waals surface area contributed by atoms with Crippen molar-refractivity contribution >= 4 is 0 Å². The van der Waals surface area contributed by atoms with Crippen LogP contribution in [0.3, 0.4) is 0 Å². The molecule has 0 aliphatic carbocycles. The van der Waals surface area contributed by atoms with E-state index >= 15 is 0 Å². The van der Waals surface area contributed by atoms with Crippen LogP contribution in [0, 0.1) is 0 Å². The van der Waals surface area contributed by atoms with Crippen LogP contribution in [-0.2, 0) is 6.54 Å². The van der Waals surface area contributed by atoms with Crippen LogP contribution in [0.4, 0.5) is 0 Å². The van der Waals surface area contributed by atoms with Crippen LogP contribution in [0.2, 0.25) is 0 Å². The summed E-state index contributed by atoms with van der Waals surface area (Å²) in [7, 11) is 3.58. The molecule has 0 bridgehead atoms. The predicted molar refractivity (Wildman–Crippen MR) is 104 cm³/mol. The summed E-state index contributed by atoms with van der Waals surface area (Å²) in [5.74, 6) is 2.27. The summed E-state index contributed by atoms with van der Waals surface area (Å²) in [6.45, 7) is 2.10. The maximum Gasteiger partial charge on any atom is 0.119 e. The molecule has 2 aromatic carbocycles. The average molecular weight is 375 g/mol. The van der Waals surface area contributed by atoms with Gasteiger partial charge in [0, 0.05) is 26.1 Å². The Labute approximate surface area is 160 Å². The number of benzene rings is 2. The fourth-order valence-electron chi connectivity index (χ4n) is 2.60. The van der Waals surface area contributed by atoms with Crippen molar-refractivity contribution in [2.24, 2.45) is 0 Å². The largest absolute Gasteiger partial charge is 0.497 e. The molecular formula is C21H29NO5. The lowest BCUT2D eigenvalue weighted by atomic mass is 10.2. The van der Waals surface area contributed by atoms with Crippen LogP contribution < -0.4 is 14.2 Å². The summed E-state index contributed by atoms with van der Waals surface area (Å²) in [4.78, 5) is 2.05. The average Bonchev–Trinajstić information content (AvgIpc) is 2.68. The normalized spacial score (nSPS) is 12.0. The minimum Gasteiger partial charge on any atom is -0.497 e. The zero-order valence-electron chi connectivity index (χ0n) is 16.0. The van der Waals surface area contributed by atoms with Crippen molar-refractivity contribution < 1.29 is 24.4 Å². The van der Waals surface area contributed by atoms with Crippen LogP contribution in [-0.4, -0.2) is 61.7 Å². The Morgan fingerprint density at radius 3 is 2.15 bits per heavy atom. The molecule has 0 amide bonds. The topological polar surface area (TPSA) is 71.4 Å². The highest BCUT2D eigenvalue weighted by Crippen LogP contribution is 2.17. The number of aliphatic hydroxyl groups is 2. The first-order chi connectivity index (χ1) is 13.1. The number of hydrogen-bond donors (Lipinski definition) is 2. The van der Waals surface area contributed by atoms with E-state index in [4.69, 9.17) is 19.3 Å². The van der Waals surface area contributed by atoms with Gasteiger partial charge in [-0.1, -0.05) is 12.1 Å². The Hall–Kier alpha value is -2.28. The summed E-state index contributed by atoms with van der Waals surface area (Å²) in [5, 5.41) is 19.0. The monoisotopic (exact) mass is 375 g/mol. The lowest BCUT2D eigenvalue weighted by Crippen LogP contribution is -2.32. The first-order valence-electron chi connectivity index (χ1n) is 9.06. The molecule has 2 aromatic rings. The Kier molecular flexibility index (Phi) is 8.91. The number of nitrogens with zero attached hydrogens (tertiary/aromatic N) is 1. The molecule has 0 saturated carbocycles. The fourth-order valence-corrected chi connectivity index (χ4v) is 2.60. The number of aliphatic hydroxyl groups excluding tert-OH is 2. The fraction of sp³-hybridized carbons (Fsp3) is 0.429. The van der Waals surface area contributed by atoms with Crippen LogP contribution in [0.15, 0.2) is 48.5 Å². The van der Waals surface area contributed by atoms with Gasteiger partial charge in [-0.05, 0) is 49.0 Å². The zero-order chi connectivity index (χ0) is 19.5. The van der Waals surface area contributed by atoms with E-state index in [0.717, 1.165) is 23.6 Å². The van der Waals surface area contributed by atoms with Crippen LogP contribution >= 0.6 is 0 Å².